The quantitative estimate of drug-likeness (QED) is 0.289. The first-order valence-corrected chi connectivity index (χ1v) is 17.2. The van der Waals surface area contributed by atoms with E-state index in [2.05, 4.69) is 80.7 Å². The summed E-state index contributed by atoms with van der Waals surface area (Å²) in [4.78, 5) is 8.89. The van der Waals surface area contributed by atoms with Crippen LogP contribution < -0.4 is 14.0 Å². The number of H-pyrrole nitrogens is 1. The molecule has 1 fully saturated rings. The average molecular weight is 533 g/mol. The lowest BCUT2D eigenvalue weighted by Gasteiger charge is -2.44. The Balaban J connectivity index is 1.39. The molecule has 38 heavy (non-hydrogen) atoms. The van der Waals surface area contributed by atoms with Crippen LogP contribution in [0.2, 0.25) is 18.1 Å². The number of rotatable bonds is 4. The van der Waals surface area contributed by atoms with Gasteiger partial charge in [0.25, 0.3) is 5.82 Å². The fourth-order valence-electron chi connectivity index (χ4n) is 6.38. The molecule has 4 heterocycles. The van der Waals surface area contributed by atoms with Gasteiger partial charge in [-0.3, -0.25) is 0 Å². The molecule has 1 spiro atoms. The summed E-state index contributed by atoms with van der Waals surface area (Å²) in [5.74, 6) is 2.99. The highest BCUT2D eigenvalue weighted by Crippen LogP contribution is 2.48. The van der Waals surface area contributed by atoms with Gasteiger partial charge < -0.3 is 13.9 Å². The Morgan fingerprint density at radius 3 is 2.55 bits per heavy atom. The minimum atomic E-state index is -1.78. The van der Waals surface area contributed by atoms with Gasteiger partial charge in [0.05, 0.1) is 12.0 Å². The molecular weight excluding hydrogens is 490 g/mol. The molecule has 0 radical (unpaired) electrons. The Kier molecular flexibility index (Phi) is 6.22. The largest absolute Gasteiger partial charge is 0.454 e. The van der Waals surface area contributed by atoms with Crippen LogP contribution in [-0.2, 0) is 16.4 Å². The van der Waals surface area contributed by atoms with E-state index in [9.17, 15) is 0 Å². The second-order valence-electron chi connectivity index (χ2n) is 13.0. The van der Waals surface area contributed by atoms with Gasteiger partial charge >= 0.3 is 0 Å². The number of benzene rings is 1. The van der Waals surface area contributed by atoms with E-state index < -0.39 is 8.32 Å². The van der Waals surface area contributed by atoms with Gasteiger partial charge in [-0.2, -0.15) is 0 Å². The van der Waals surface area contributed by atoms with E-state index in [0.717, 1.165) is 66.4 Å². The number of hydrogen-bond donors (Lipinski definition) is 1. The average Bonchev–Trinajstić information content (AvgIpc) is 3.50. The fraction of sp³-hybridized carbons (Fsp3) is 0.548. The van der Waals surface area contributed by atoms with Gasteiger partial charge in [0.2, 0.25) is 6.79 Å². The highest BCUT2D eigenvalue weighted by molar-refractivity contribution is 6.74. The maximum absolute atomic E-state index is 6.87. The zero-order valence-electron chi connectivity index (χ0n) is 23.8. The van der Waals surface area contributed by atoms with E-state index in [1.54, 1.807) is 0 Å². The van der Waals surface area contributed by atoms with E-state index in [1.807, 2.05) is 6.07 Å². The lowest BCUT2D eigenvalue weighted by atomic mass is 9.68. The molecule has 0 atom stereocenters. The van der Waals surface area contributed by atoms with Crippen LogP contribution in [0.15, 0.2) is 36.4 Å². The lowest BCUT2D eigenvalue weighted by molar-refractivity contribution is -0.703. The highest BCUT2D eigenvalue weighted by atomic mass is 28.4. The van der Waals surface area contributed by atoms with Crippen LogP contribution >= 0.6 is 0 Å². The molecule has 1 saturated carbocycles. The number of hydrogen-bond acceptors (Lipinski definition) is 4. The highest BCUT2D eigenvalue weighted by Gasteiger charge is 2.49. The number of fused-ring (bicyclic) bond motifs is 3. The molecule has 1 aromatic carbocycles. The molecule has 0 bridgehead atoms. The topological polar surface area (TPSA) is 60.2 Å². The molecule has 0 unspecified atom stereocenters. The van der Waals surface area contributed by atoms with Crippen molar-refractivity contribution in [3.8, 4) is 34.1 Å². The number of pyridine rings is 1. The third kappa shape index (κ3) is 4.37. The number of nitrogens with zero attached hydrogens (tertiary/aromatic N) is 2. The number of imidazole rings is 1. The van der Waals surface area contributed by atoms with Crippen molar-refractivity contribution < 1.29 is 18.5 Å². The number of ether oxygens (including phenoxy) is 2. The van der Waals surface area contributed by atoms with Gasteiger partial charge in [0.15, 0.2) is 31.2 Å². The zero-order valence-corrected chi connectivity index (χ0v) is 24.8. The Hall–Kier alpha value is -2.64. The molecule has 6 nitrogen and oxygen atoms in total. The van der Waals surface area contributed by atoms with Crippen molar-refractivity contribution in [1.82, 2.24) is 9.97 Å². The summed E-state index contributed by atoms with van der Waals surface area (Å²) >= 11 is 0. The van der Waals surface area contributed by atoms with Gasteiger partial charge in [-0.05, 0) is 93.9 Å². The molecule has 3 aliphatic rings. The van der Waals surface area contributed by atoms with Crippen molar-refractivity contribution in [3.63, 3.8) is 0 Å². The van der Waals surface area contributed by atoms with Crippen molar-refractivity contribution in [2.24, 2.45) is 0 Å². The first kappa shape index (κ1) is 25.6. The van der Waals surface area contributed by atoms with Gasteiger partial charge in [-0.25, -0.2) is 14.5 Å². The summed E-state index contributed by atoms with van der Waals surface area (Å²) in [6.07, 6.45) is 7.36. The minimum absolute atomic E-state index is 0.151. The summed E-state index contributed by atoms with van der Waals surface area (Å²) in [5, 5.41) is 0.241. The Morgan fingerprint density at radius 2 is 1.82 bits per heavy atom. The van der Waals surface area contributed by atoms with Crippen LogP contribution in [0, 0.1) is 6.92 Å². The van der Waals surface area contributed by atoms with Gasteiger partial charge in [0, 0.05) is 17.4 Å². The van der Waals surface area contributed by atoms with Crippen LogP contribution in [0.4, 0.5) is 0 Å². The number of aryl methyl sites for hydroxylation is 1. The van der Waals surface area contributed by atoms with Crippen molar-refractivity contribution in [1.29, 1.82) is 0 Å². The van der Waals surface area contributed by atoms with Crippen LogP contribution in [0.1, 0.15) is 70.8 Å². The predicted molar refractivity (Wildman–Crippen MR) is 152 cm³/mol. The van der Waals surface area contributed by atoms with Gasteiger partial charge in [-0.15, -0.1) is 0 Å². The number of aromatic nitrogens is 3. The normalized spacial score (nSPS) is 23.1. The molecular formula is C31H42N3O3Si+. The molecule has 2 aliphatic heterocycles. The van der Waals surface area contributed by atoms with Crippen LogP contribution in [0.3, 0.4) is 0 Å². The minimum Gasteiger partial charge on any atom is -0.454 e. The fourth-order valence-corrected chi connectivity index (χ4v) is 7.80. The first-order chi connectivity index (χ1) is 18.1. The zero-order chi connectivity index (χ0) is 26.7. The van der Waals surface area contributed by atoms with Crippen molar-refractivity contribution in [2.45, 2.75) is 102 Å². The van der Waals surface area contributed by atoms with Crippen molar-refractivity contribution in [3.05, 3.63) is 47.9 Å². The van der Waals surface area contributed by atoms with E-state index >= 15 is 0 Å². The first-order valence-electron chi connectivity index (χ1n) is 14.2. The summed E-state index contributed by atoms with van der Waals surface area (Å²) < 4.78 is 20.8. The predicted octanol–water partition coefficient (Wildman–Crippen LogP) is 7.06. The van der Waals surface area contributed by atoms with Crippen LogP contribution in [0.5, 0.6) is 11.5 Å². The lowest BCUT2D eigenvalue weighted by Crippen LogP contribution is -2.53. The molecule has 1 aliphatic carbocycles. The maximum Gasteiger partial charge on any atom is 0.261 e. The van der Waals surface area contributed by atoms with E-state index in [-0.39, 0.29) is 17.2 Å². The summed E-state index contributed by atoms with van der Waals surface area (Å²) in [5.41, 5.74) is 5.61. The molecule has 2 aromatic heterocycles. The van der Waals surface area contributed by atoms with Gasteiger partial charge in [0.1, 0.15) is 5.69 Å². The molecule has 0 amide bonds. The molecule has 6 rings (SSSR count). The molecule has 202 valence electrons. The molecule has 0 saturated heterocycles. The Bertz CT molecular complexity index is 1350. The number of nitrogens with one attached hydrogen (secondary N) is 1. The monoisotopic (exact) mass is 532 g/mol. The smallest absolute Gasteiger partial charge is 0.261 e. The van der Waals surface area contributed by atoms with E-state index in [1.165, 1.54) is 24.4 Å². The third-order valence-electron chi connectivity index (χ3n) is 9.51. The molecule has 7 heteroatoms. The van der Waals surface area contributed by atoms with Crippen LogP contribution in [-0.4, -0.2) is 31.2 Å². The van der Waals surface area contributed by atoms with Gasteiger partial charge in [-0.1, -0.05) is 26.8 Å². The SMILES string of the molecule is Cc1cccc(-c2[nH]c3[n+](c2-c2ccc4c(c2)OCO4)CCCC32CCC(O[Si](C)(C)C(C)(C)C)CC2)n1. The third-order valence-corrected chi connectivity index (χ3v) is 14.0. The maximum atomic E-state index is 6.87. The van der Waals surface area contributed by atoms with Crippen LogP contribution in [0.25, 0.3) is 22.6 Å². The summed E-state index contributed by atoms with van der Waals surface area (Å²) in [6.45, 7) is 15.1. The molecule has 1 N–H and O–H groups in total. The Morgan fingerprint density at radius 1 is 1.05 bits per heavy atom. The summed E-state index contributed by atoms with van der Waals surface area (Å²) in [7, 11) is -1.78. The van der Waals surface area contributed by atoms with E-state index in [0.29, 0.717) is 6.10 Å². The Labute approximate surface area is 227 Å². The second-order valence-corrected chi connectivity index (χ2v) is 17.8. The summed E-state index contributed by atoms with van der Waals surface area (Å²) in [6, 6.07) is 12.6. The molecule has 3 aromatic rings. The van der Waals surface area contributed by atoms with E-state index in [4.69, 9.17) is 18.9 Å². The van der Waals surface area contributed by atoms with Crippen molar-refractivity contribution in [2.75, 3.05) is 6.79 Å². The van der Waals surface area contributed by atoms with Crippen molar-refractivity contribution >= 4 is 8.32 Å². The number of aromatic amines is 1. The standard InChI is InChI=1S/C31H41N3O3Si/c1-21-9-7-10-24(32-21)27-28(22-11-12-25-26(19-22)36-20-35-25)34-18-8-15-31(29(34)33-27)16-13-23(14-17-31)37-38(5,6)30(2,3)4/h7,9-12,19,23H,8,13-18,20H2,1-6H3/p+1. The second kappa shape index (κ2) is 9.23.